The lowest BCUT2D eigenvalue weighted by atomic mass is 9.70. The van der Waals surface area contributed by atoms with E-state index in [9.17, 15) is 10.2 Å². The first-order valence-corrected chi connectivity index (χ1v) is 7.08. The molecule has 3 atom stereocenters. The molecular weight excluding hydrogens is 236 g/mol. The van der Waals surface area contributed by atoms with Gasteiger partial charge in [0.1, 0.15) is 0 Å². The first-order chi connectivity index (χ1) is 9.16. The van der Waals surface area contributed by atoms with Gasteiger partial charge in [0.05, 0.1) is 12.2 Å². The van der Waals surface area contributed by atoms with Crippen LogP contribution in [0.25, 0.3) is 10.8 Å². The number of aliphatic hydroxyl groups is 2. The Morgan fingerprint density at radius 2 is 1.84 bits per heavy atom. The van der Waals surface area contributed by atoms with E-state index >= 15 is 0 Å². The minimum Gasteiger partial charge on any atom is -0.392 e. The highest BCUT2D eigenvalue weighted by molar-refractivity contribution is 5.92. The SMILES string of the molecule is Cc1ccc2ccc3c4c2c1C(O)CC4C(O)CC3. The third-order valence-electron chi connectivity index (χ3n) is 4.93. The zero-order valence-corrected chi connectivity index (χ0v) is 11.1. The van der Waals surface area contributed by atoms with Crippen molar-refractivity contribution in [3.8, 4) is 0 Å². The highest BCUT2D eigenvalue weighted by Gasteiger charge is 2.36. The van der Waals surface area contributed by atoms with Crippen LogP contribution in [0.15, 0.2) is 24.3 Å². The Morgan fingerprint density at radius 1 is 1.05 bits per heavy atom. The summed E-state index contributed by atoms with van der Waals surface area (Å²) in [6, 6.07) is 8.58. The average molecular weight is 254 g/mol. The van der Waals surface area contributed by atoms with Gasteiger partial charge in [-0.05, 0) is 59.2 Å². The molecule has 0 aliphatic heterocycles. The van der Waals surface area contributed by atoms with E-state index in [4.69, 9.17) is 0 Å². The van der Waals surface area contributed by atoms with Crippen molar-refractivity contribution in [3.63, 3.8) is 0 Å². The number of hydrogen-bond acceptors (Lipinski definition) is 2. The van der Waals surface area contributed by atoms with Crippen LogP contribution in [-0.2, 0) is 6.42 Å². The zero-order valence-electron chi connectivity index (χ0n) is 11.1. The monoisotopic (exact) mass is 254 g/mol. The molecular formula is C17H18O2. The Balaban J connectivity index is 2.16. The molecule has 0 amide bonds. The molecule has 0 aromatic heterocycles. The molecule has 2 heteroatoms. The van der Waals surface area contributed by atoms with Crippen LogP contribution in [0.2, 0.25) is 0 Å². The fourth-order valence-electron chi connectivity index (χ4n) is 4.02. The average Bonchev–Trinajstić information content (AvgIpc) is 2.41. The second kappa shape index (κ2) is 3.81. The van der Waals surface area contributed by atoms with Gasteiger partial charge in [-0.15, -0.1) is 0 Å². The standard InChI is InChI=1S/C17H18O2/c1-9-2-3-11-5-4-10-6-7-13(18)12-8-14(19)15(9)17(11)16(10)12/h2-5,12-14,18-19H,6-8H2,1H3. The summed E-state index contributed by atoms with van der Waals surface area (Å²) in [6.45, 7) is 2.07. The fraction of sp³-hybridized carbons (Fsp3) is 0.412. The van der Waals surface area contributed by atoms with Gasteiger partial charge < -0.3 is 10.2 Å². The molecule has 2 N–H and O–H groups in total. The quantitative estimate of drug-likeness (QED) is 0.758. The van der Waals surface area contributed by atoms with Crippen molar-refractivity contribution in [2.24, 2.45) is 0 Å². The summed E-state index contributed by atoms with van der Waals surface area (Å²) in [5.74, 6) is 0.108. The summed E-state index contributed by atoms with van der Waals surface area (Å²) < 4.78 is 0. The van der Waals surface area contributed by atoms with Gasteiger partial charge in [0.25, 0.3) is 0 Å². The number of aryl methyl sites for hydroxylation is 2. The van der Waals surface area contributed by atoms with Crippen molar-refractivity contribution < 1.29 is 10.2 Å². The Labute approximate surface area is 112 Å². The van der Waals surface area contributed by atoms with E-state index < -0.39 is 6.10 Å². The lowest BCUT2D eigenvalue weighted by Gasteiger charge is -2.38. The number of benzene rings is 2. The van der Waals surface area contributed by atoms with E-state index in [2.05, 4.69) is 31.2 Å². The largest absolute Gasteiger partial charge is 0.392 e. The predicted molar refractivity (Wildman–Crippen MR) is 75.3 cm³/mol. The Bertz CT molecular complexity index is 675. The van der Waals surface area contributed by atoms with Crippen LogP contribution in [0.1, 0.15) is 47.1 Å². The van der Waals surface area contributed by atoms with Crippen molar-refractivity contribution in [2.75, 3.05) is 0 Å². The predicted octanol–water partition coefficient (Wildman–Crippen LogP) is 2.98. The van der Waals surface area contributed by atoms with E-state index in [1.54, 1.807) is 0 Å². The van der Waals surface area contributed by atoms with Gasteiger partial charge in [0.2, 0.25) is 0 Å². The highest BCUT2D eigenvalue weighted by atomic mass is 16.3. The maximum absolute atomic E-state index is 10.5. The van der Waals surface area contributed by atoms with Gasteiger partial charge in [-0.2, -0.15) is 0 Å². The van der Waals surface area contributed by atoms with Crippen LogP contribution >= 0.6 is 0 Å². The Kier molecular flexibility index (Phi) is 2.30. The summed E-state index contributed by atoms with van der Waals surface area (Å²) in [5.41, 5.74) is 4.91. The minimum atomic E-state index is -0.441. The number of hydrogen-bond donors (Lipinski definition) is 2. The molecule has 0 saturated heterocycles. The first kappa shape index (κ1) is 11.4. The molecule has 2 aliphatic carbocycles. The zero-order chi connectivity index (χ0) is 13.1. The molecule has 98 valence electrons. The molecule has 2 aromatic rings. The van der Waals surface area contributed by atoms with Crippen LogP contribution in [-0.4, -0.2) is 16.3 Å². The Hall–Kier alpha value is -1.38. The summed E-state index contributed by atoms with van der Waals surface area (Å²) in [6.07, 6.45) is 1.68. The minimum absolute atomic E-state index is 0.108. The molecule has 0 saturated carbocycles. The van der Waals surface area contributed by atoms with E-state index in [-0.39, 0.29) is 12.0 Å². The van der Waals surface area contributed by atoms with E-state index in [0.29, 0.717) is 6.42 Å². The molecule has 0 heterocycles. The molecule has 4 rings (SSSR count). The number of rotatable bonds is 0. The van der Waals surface area contributed by atoms with Crippen LogP contribution in [0.3, 0.4) is 0 Å². The summed E-state index contributed by atoms with van der Waals surface area (Å²) in [7, 11) is 0. The van der Waals surface area contributed by atoms with Crippen LogP contribution in [0.5, 0.6) is 0 Å². The molecule has 0 bridgehead atoms. The maximum atomic E-state index is 10.5. The molecule has 0 radical (unpaired) electrons. The fourth-order valence-corrected chi connectivity index (χ4v) is 4.02. The van der Waals surface area contributed by atoms with Gasteiger partial charge in [-0.25, -0.2) is 0 Å². The summed E-state index contributed by atoms with van der Waals surface area (Å²) in [4.78, 5) is 0. The van der Waals surface area contributed by atoms with Gasteiger partial charge in [-0.3, -0.25) is 0 Å². The Morgan fingerprint density at radius 3 is 2.68 bits per heavy atom. The van der Waals surface area contributed by atoms with Crippen molar-refractivity contribution in [1.29, 1.82) is 0 Å². The summed E-state index contributed by atoms with van der Waals surface area (Å²) in [5, 5.41) is 23.2. The van der Waals surface area contributed by atoms with Crippen molar-refractivity contribution in [3.05, 3.63) is 46.5 Å². The second-order valence-electron chi connectivity index (χ2n) is 6.00. The smallest absolute Gasteiger partial charge is 0.0805 e. The molecule has 2 aliphatic rings. The summed E-state index contributed by atoms with van der Waals surface area (Å²) >= 11 is 0. The van der Waals surface area contributed by atoms with Crippen molar-refractivity contribution in [2.45, 2.75) is 44.3 Å². The van der Waals surface area contributed by atoms with Gasteiger partial charge in [-0.1, -0.05) is 24.3 Å². The van der Waals surface area contributed by atoms with Crippen LogP contribution in [0, 0.1) is 6.92 Å². The van der Waals surface area contributed by atoms with Crippen molar-refractivity contribution >= 4 is 10.8 Å². The van der Waals surface area contributed by atoms with Crippen LogP contribution in [0.4, 0.5) is 0 Å². The van der Waals surface area contributed by atoms with Crippen molar-refractivity contribution in [1.82, 2.24) is 0 Å². The van der Waals surface area contributed by atoms with Crippen LogP contribution < -0.4 is 0 Å². The third-order valence-corrected chi connectivity index (χ3v) is 4.93. The molecule has 2 aromatic carbocycles. The molecule has 3 unspecified atom stereocenters. The normalized spacial score (nSPS) is 28.7. The highest BCUT2D eigenvalue weighted by Crippen LogP contribution is 2.48. The molecule has 0 spiro atoms. The maximum Gasteiger partial charge on any atom is 0.0805 e. The first-order valence-electron chi connectivity index (χ1n) is 7.08. The van der Waals surface area contributed by atoms with Gasteiger partial charge >= 0.3 is 0 Å². The third kappa shape index (κ3) is 1.44. The topological polar surface area (TPSA) is 40.5 Å². The number of aliphatic hydroxyl groups excluding tert-OH is 2. The van der Waals surface area contributed by atoms with E-state index in [1.807, 2.05) is 0 Å². The molecule has 19 heavy (non-hydrogen) atoms. The molecule has 0 fully saturated rings. The van der Waals surface area contributed by atoms with E-state index in [1.165, 1.54) is 21.9 Å². The molecule has 2 nitrogen and oxygen atoms in total. The lowest BCUT2D eigenvalue weighted by Crippen LogP contribution is -2.30. The lowest BCUT2D eigenvalue weighted by molar-refractivity contribution is 0.0796. The second-order valence-corrected chi connectivity index (χ2v) is 6.00. The van der Waals surface area contributed by atoms with E-state index in [0.717, 1.165) is 24.0 Å². The van der Waals surface area contributed by atoms with Gasteiger partial charge in [0, 0.05) is 5.92 Å². The van der Waals surface area contributed by atoms with Gasteiger partial charge in [0.15, 0.2) is 0 Å².